The summed E-state index contributed by atoms with van der Waals surface area (Å²) in [6.07, 6.45) is 2.88. The number of carbonyl (C=O) groups is 2. The second-order valence-corrected chi connectivity index (χ2v) is 7.48. The Hall–Kier alpha value is -2.36. The van der Waals surface area contributed by atoms with Gasteiger partial charge in [-0.1, -0.05) is 49.4 Å². The molecule has 1 amide bonds. The molecule has 25 heavy (non-hydrogen) atoms. The van der Waals surface area contributed by atoms with Crippen molar-refractivity contribution in [3.8, 4) is 0 Å². The maximum Gasteiger partial charge on any atom is 0.308 e. The molecule has 4 heteroatoms. The van der Waals surface area contributed by atoms with Gasteiger partial charge in [-0.15, -0.1) is 0 Å². The van der Waals surface area contributed by atoms with E-state index in [-0.39, 0.29) is 23.8 Å². The van der Waals surface area contributed by atoms with Crippen molar-refractivity contribution in [2.24, 2.45) is 11.8 Å². The van der Waals surface area contributed by atoms with E-state index in [1.807, 2.05) is 17.0 Å². The van der Waals surface area contributed by atoms with Crippen molar-refractivity contribution >= 4 is 22.6 Å². The fourth-order valence-electron chi connectivity index (χ4n) is 3.78. The predicted octanol–water partition coefficient (Wildman–Crippen LogP) is 3.66. The highest BCUT2D eigenvalue weighted by molar-refractivity contribution is 5.90. The number of fused-ring (bicyclic) bond motifs is 1. The van der Waals surface area contributed by atoms with Crippen LogP contribution in [-0.4, -0.2) is 34.5 Å². The summed E-state index contributed by atoms with van der Waals surface area (Å²) < 4.78 is 0. The minimum absolute atomic E-state index is 0.00685. The van der Waals surface area contributed by atoms with Crippen molar-refractivity contribution in [3.05, 3.63) is 48.0 Å². The van der Waals surface area contributed by atoms with Gasteiger partial charge in [0, 0.05) is 18.5 Å². The third-order valence-electron chi connectivity index (χ3n) is 5.49. The summed E-state index contributed by atoms with van der Waals surface area (Å²) in [6, 6.07) is 14.8. The number of carboxylic acids is 1. The van der Waals surface area contributed by atoms with Crippen molar-refractivity contribution in [2.45, 2.75) is 38.1 Å². The average Bonchev–Trinajstić information content (AvgIpc) is 3.51. The molecule has 2 saturated carbocycles. The molecule has 0 aromatic heterocycles. The number of aliphatic carboxylic acids is 1. The molecule has 0 radical (unpaired) electrons. The molecule has 2 aliphatic rings. The van der Waals surface area contributed by atoms with Crippen LogP contribution in [0.4, 0.5) is 0 Å². The molecule has 0 bridgehead atoms. The number of hydrogen-bond donors (Lipinski definition) is 1. The lowest BCUT2D eigenvalue weighted by Crippen LogP contribution is -2.39. The van der Waals surface area contributed by atoms with E-state index in [0.29, 0.717) is 6.54 Å². The van der Waals surface area contributed by atoms with Crippen molar-refractivity contribution in [2.75, 3.05) is 6.54 Å². The summed E-state index contributed by atoms with van der Waals surface area (Å²) in [6.45, 7) is 2.01. The van der Waals surface area contributed by atoms with Crippen LogP contribution in [0, 0.1) is 11.8 Å². The van der Waals surface area contributed by atoms with Gasteiger partial charge in [0.15, 0.2) is 0 Å². The molecule has 2 aromatic carbocycles. The molecule has 4 rings (SSSR count). The minimum Gasteiger partial charge on any atom is -0.481 e. The van der Waals surface area contributed by atoms with Gasteiger partial charge in [0.1, 0.15) is 0 Å². The maximum absolute atomic E-state index is 13.0. The molecule has 2 fully saturated rings. The first-order valence-corrected chi connectivity index (χ1v) is 9.07. The Morgan fingerprint density at radius 1 is 1.16 bits per heavy atom. The predicted molar refractivity (Wildman–Crippen MR) is 96.3 cm³/mol. The lowest BCUT2D eigenvalue weighted by Gasteiger charge is -2.24. The van der Waals surface area contributed by atoms with Gasteiger partial charge in [-0.2, -0.15) is 0 Å². The van der Waals surface area contributed by atoms with Gasteiger partial charge in [-0.3, -0.25) is 9.59 Å². The third-order valence-corrected chi connectivity index (χ3v) is 5.49. The maximum atomic E-state index is 13.0. The van der Waals surface area contributed by atoms with Crippen LogP contribution in [0.2, 0.25) is 0 Å². The zero-order chi connectivity index (χ0) is 17.6. The lowest BCUT2D eigenvalue weighted by molar-refractivity contribution is -0.143. The molecule has 0 heterocycles. The van der Waals surface area contributed by atoms with Crippen molar-refractivity contribution in [3.63, 3.8) is 0 Å². The van der Waals surface area contributed by atoms with Crippen LogP contribution in [0.1, 0.15) is 37.7 Å². The fraction of sp³-hybridized carbons (Fsp3) is 0.429. The van der Waals surface area contributed by atoms with Crippen LogP contribution in [0.3, 0.4) is 0 Å². The van der Waals surface area contributed by atoms with Crippen LogP contribution >= 0.6 is 0 Å². The Balaban J connectivity index is 1.53. The summed E-state index contributed by atoms with van der Waals surface area (Å²) in [5, 5.41) is 11.6. The van der Waals surface area contributed by atoms with E-state index in [1.165, 1.54) is 16.3 Å². The Morgan fingerprint density at radius 3 is 2.60 bits per heavy atom. The second kappa shape index (κ2) is 6.17. The normalized spacial score (nSPS) is 23.2. The first-order valence-electron chi connectivity index (χ1n) is 9.07. The molecule has 1 N–H and O–H groups in total. The summed E-state index contributed by atoms with van der Waals surface area (Å²) in [7, 11) is 0. The van der Waals surface area contributed by atoms with E-state index in [9.17, 15) is 14.7 Å². The standard InChI is InChI=1S/C21H23NO3/c1-13(21(24)25)12-22(15-9-10-15)20(23)19-11-18(19)17-8-4-6-14-5-2-3-7-16(14)17/h2-8,13,15,18-19H,9-12H2,1H3,(H,24,25). The van der Waals surface area contributed by atoms with E-state index in [4.69, 9.17) is 0 Å². The first kappa shape index (κ1) is 16.1. The number of carbonyl (C=O) groups excluding carboxylic acids is 1. The molecule has 4 nitrogen and oxygen atoms in total. The number of rotatable bonds is 6. The average molecular weight is 337 g/mol. The van der Waals surface area contributed by atoms with E-state index < -0.39 is 11.9 Å². The molecule has 3 atom stereocenters. The second-order valence-electron chi connectivity index (χ2n) is 7.48. The van der Waals surface area contributed by atoms with Crippen molar-refractivity contribution in [1.82, 2.24) is 4.90 Å². The van der Waals surface area contributed by atoms with Gasteiger partial charge in [-0.05, 0) is 41.5 Å². The number of benzene rings is 2. The summed E-state index contributed by atoms with van der Waals surface area (Å²) in [4.78, 5) is 26.0. The van der Waals surface area contributed by atoms with Crippen LogP contribution in [0.15, 0.2) is 42.5 Å². The van der Waals surface area contributed by atoms with Gasteiger partial charge >= 0.3 is 5.97 Å². The van der Waals surface area contributed by atoms with Gasteiger partial charge in [0.2, 0.25) is 5.91 Å². The summed E-state index contributed by atoms with van der Waals surface area (Å²) in [5.41, 5.74) is 1.25. The molecule has 0 spiro atoms. The number of amides is 1. The van der Waals surface area contributed by atoms with Gasteiger partial charge < -0.3 is 10.0 Å². The summed E-state index contributed by atoms with van der Waals surface area (Å²) >= 11 is 0. The fourth-order valence-corrected chi connectivity index (χ4v) is 3.78. The Morgan fingerprint density at radius 2 is 1.88 bits per heavy atom. The molecule has 130 valence electrons. The zero-order valence-electron chi connectivity index (χ0n) is 14.4. The minimum atomic E-state index is -0.833. The Kier molecular flexibility index (Phi) is 3.98. The van der Waals surface area contributed by atoms with Crippen LogP contribution < -0.4 is 0 Å². The van der Waals surface area contributed by atoms with E-state index in [2.05, 4.69) is 30.3 Å². The lowest BCUT2D eigenvalue weighted by atomic mass is 10.00. The Labute approximate surface area is 147 Å². The van der Waals surface area contributed by atoms with E-state index in [1.54, 1.807) is 6.92 Å². The monoisotopic (exact) mass is 337 g/mol. The van der Waals surface area contributed by atoms with Crippen molar-refractivity contribution < 1.29 is 14.7 Å². The van der Waals surface area contributed by atoms with Gasteiger partial charge in [0.25, 0.3) is 0 Å². The number of nitrogens with zero attached hydrogens (tertiary/aromatic N) is 1. The number of hydrogen-bond acceptors (Lipinski definition) is 2. The van der Waals surface area contributed by atoms with Gasteiger partial charge in [0.05, 0.1) is 5.92 Å². The SMILES string of the molecule is CC(CN(C(=O)C1CC1c1cccc2ccccc12)C1CC1)C(=O)O. The van der Waals surface area contributed by atoms with Crippen LogP contribution in [0.25, 0.3) is 10.8 Å². The third kappa shape index (κ3) is 3.13. The summed E-state index contributed by atoms with van der Waals surface area (Å²) in [5.74, 6) is -0.930. The van der Waals surface area contributed by atoms with Crippen LogP contribution in [0.5, 0.6) is 0 Å². The number of carboxylic acid groups (broad SMARTS) is 1. The molecule has 3 unspecified atom stereocenters. The van der Waals surface area contributed by atoms with Gasteiger partial charge in [-0.25, -0.2) is 0 Å². The Bertz CT molecular complexity index is 822. The molecule has 2 aliphatic carbocycles. The molecule has 0 aliphatic heterocycles. The highest BCUT2D eigenvalue weighted by Crippen LogP contribution is 2.51. The molecular formula is C21H23NO3. The first-order chi connectivity index (χ1) is 12.1. The zero-order valence-corrected chi connectivity index (χ0v) is 14.4. The molecule has 2 aromatic rings. The molecular weight excluding hydrogens is 314 g/mol. The highest BCUT2D eigenvalue weighted by Gasteiger charge is 2.49. The van der Waals surface area contributed by atoms with E-state index in [0.717, 1.165) is 19.3 Å². The van der Waals surface area contributed by atoms with Crippen LogP contribution in [-0.2, 0) is 9.59 Å². The topological polar surface area (TPSA) is 57.6 Å². The van der Waals surface area contributed by atoms with Crippen molar-refractivity contribution in [1.29, 1.82) is 0 Å². The van der Waals surface area contributed by atoms with E-state index >= 15 is 0 Å². The highest BCUT2D eigenvalue weighted by atomic mass is 16.4. The smallest absolute Gasteiger partial charge is 0.308 e. The quantitative estimate of drug-likeness (QED) is 0.875. The molecule has 0 saturated heterocycles. The largest absolute Gasteiger partial charge is 0.481 e.